The van der Waals surface area contributed by atoms with Crippen LogP contribution in [0, 0.1) is 0 Å². The highest BCUT2D eigenvalue weighted by Crippen LogP contribution is 2.40. The summed E-state index contributed by atoms with van der Waals surface area (Å²) in [7, 11) is 0. The molecule has 1 unspecified atom stereocenters. The fraction of sp³-hybridized carbons (Fsp3) is 0.111. The quantitative estimate of drug-likeness (QED) is 0.606. The van der Waals surface area contributed by atoms with Gasteiger partial charge in [0.05, 0.1) is 11.7 Å². The zero-order valence-corrected chi connectivity index (χ0v) is 14.3. The lowest BCUT2D eigenvalue weighted by Crippen LogP contribution is -2.19. The van der Waals surface area contributed by atoms with E-state index in [2.05, 4.69) is 5.32 Å². The smallest absolute Gasteiger partial charge is 0.328 e. The molecule has 3 rings (SSSR count). The van der Waals surface area contributed by atoms with Gasteiger partial charge in [0.1, 0.15) is 5.75 Å². The normalized spacial score (nSPS) is 14.6. The first-order chi connectivity index (χ1) is 12.4. The number of benzene rings is 2. The van der Waals surface area contributed by atoms with Crippen LogP contribution in [-0.2, 0) is 9.59 Å². The Morgan fingerprint density at radius 2 is 1.77 bits per heavy atom. The maximum Gasteiger partial charge on any atom is 0.328 e. The minimum atomic E-state index is -1.26. The number of hydrogen-bond acceptors (Lipinski definition) is 5. The van der Waals surface area contributed by atoms with Gasteiger partial charge in [-0.3, -0.25) is 0 Å². The molecule has 0 aromatic heterocycles. The molecule has 8 heteroatoms. The topological polar surface area (TPSA) is 122 Å². The Kier molecular flexibility index (Phi) is 6.60. The molecule has 1 atom stereocenters. The first-order valence-electron chi connectivity index (χ1n) is 7.57. The van der Waals surface area contributed by atoms with E-state index < -0.39 is 11.9 Å². The maximum atomic E-state index is 9.55. The van der Waals surface area contributed by atoms with E-state index in [1.807, 2.05) is 36.4 Å². The molecule has 0 bridgehead atoms. The third-order valence-electron chi connectivity index (χ3n) is 3.39. The van der Waals surface area contributed by atoms with Gasteiger partial charge in [-0.25, -0.2) is 9.59 Å². The number of nitrogens with one attached hydrogen (secondary N) is 1. The van der Waals surface area contributed by atoms with Gasteiger partial charge in [0, 0.05) is 35.3 Å². The van der Waals surface area contributed by atoms with Gasteiger partial charge in [0.2, 0.25) is 0 Å². The zero-order chi connectivity index (χ0) is 19.1. The van der Waals surface area contributed by atoms with Gasteiger partial charge in [-0.2, -0.15) is 0 Å². The van der Waals surface area contributed by atoms with E-state index in [0.717, 1.165) is 22.7 Å². The fourth-order valence-corrected chi connectivity index (χ4v) is 2.44. The molecular weight excluding hydrogens is 360 g/mol. The molecule has 1 heterocycles. The standard InChI is InChI=1S/C14H13ClN2O.C4H4O4/c15-9-5-6-11-14(7-9)18-13-4-2-1-3-10(13)12(8-16)17-11;5-3(6)1-2-4(7)8/h1-7,12,17H,8,16H2;1-2H,(H,5,6)(H,7,8). The molecule has 7 nitrogen and oxygen atoms in total. The highest BCUT2D eigenvalue weighted by atomic mass is 35.5. The molecule has 0 saturated carbocycles. The molecule has 2 aromatic carbocycles. The Balaban J connectivity index is 0.000000260. The van der Waals surface area contributed by atoms with Crippen LogP contribution in [-0.4, -0.2) is 28.7 Å². The lowest BCUT2D eigenvalue weighted by Gasteiger charge is -2.16. The average Bonchev–Trinajstić information content (AvgIpc) is 2.76. The second kappa shape index (κ2) is 8.89. The summed E-state index contributed by atoms with van der Waals surface area (Å²) in [5.74, 6) is -0.966. The van der Waals surface area contributed by atoms with Gasteiger partial charge in [0.25, 0.3) is 0 Å². The van der Waals surface area contributed by atoms with Gasteiger partial charge in [0.15, 0.2) is 5.75 Å². The number of para-hydroxylation sites is 1. The van der Waals surface area contributed by atoms with E-state index in [1.165, 1.54) is 0 Å². The summed E-state index contributed by atoms with van der Waals surface area (Å²) < 4.78 is 5.91. The highest BCUT2D eigenvalue weighted by Gasteiger charge is 2.21. The number of fused-ring (bicyclic) bond motifs is 2. The van der Waals surface area contributed by atoms with Crippen LogP contribution < -0.4 is 15.8 Å². The Morgan fingerprint density at radius 1 is 1.12 bits per heavy atom. The van der Waals surface area contributed by atoms with Crippen LogP contribution in [0.3, 0.4) is 0 Å². The number of nitrogens with two attached hydrogens (primary N) is 1. The number of carboxylic acid groups (broad SMARTS) is 2. The Labute approximate surface area is 154 Å². The van der Waals surface area contributed by atoms with Gasteiger partial charge >= 0.3 is 11.9 Å². The second-order valence-electron chi connectivity index (χ2n) is 5.22. The molecule has 0 amide bonds. The lowest BCUT2D eigenvalue weighted by atomic mass is 10.1. The summed E-state index contributed by atoms with van der Waals surface area (Å²) in [6.45, 7) is 0.502. The maximum absolute atomic E-state index is 9.55. The third kappa shape index (κ3) is 5.23. The van der Waals surface area contributed by atoms with Gasteiger partial charge in [-0.05, 0) is 18.2 Å². The van der Waals surface area contributed by atoms with Gasteiger partial charge in [-0.1, -0.05) is 29.8 Å². The van der Waals surface area contributed by atoms with Crippen molar-refractivity contribution < 1.29 is 24.5 Å². The molecule has 136 valence electrons. The molecule has 0 fully saturated rings. The number of ether oxygens (including phenoxy) is 1. The number of carboxylic acids is 2. The van der Waals surface area contributed by atoms with Crippen LogP contribution in [0.4, 0.5) is 5.69 Å². The largest absolute Gasteiger partial charge is 0.478 e. The van der Waals surface area contributed by atoms with Crippen molar-refractivity contribution in [2.45, 2.75) is 6.04 Å². The molecule has 2 aromatic rings. The molecule has 0 saturated heterocycles. The van der Waals surface area contributed by atoms with Gasteiger partial charge < -0.3 is 26.0 Å². The van der Waals surface area contributed by atoms with Crippen molar-refractivity contribution in [3.8, 4) is 11.5 Å². The molecular formula is C18H17ClN2O5. The van der Waals surface area contributed by atoms with Crippen molar-refractivity contribution in [2.24, 2.45) is 5.73 Å². The van der Waals surface area contributed by atoms with E-state index in [1.54, 1.807) is 6.07 Å². The molecule has 1 aliphatic rings. The van der Waals surface area contributed by atoms with E-state index >= 15 is 0 Å². The van der Waals surface area contributed by atoms with E-state index in [-0.39, 0.29) is 6.04 Å². The van der Waals surface area contributed by atoms with Crippen molar-refractivity contribution in [3.05, 3.63) is 65.2 Å². The number of carbonyl (C=O) groups is 2. The molecule has 5 N–H and O–H groups in total. The third-order valence-corrected chi connectivity index (χ3v) is 3.63. The Morgan fingerprint density at radius 3 is 2.38 bits per heavy atom. The van der Waals surface area contributed by atoms with E-state index in [0.29, 0.717) is 23.7 Å². The van der Waals surface area contributed by atoms with E-state index in [9.17, 15) is 9.59 Å². The predicted octanol–water partition coefficient (Wildman–Crippen LogP) is 3.27. The summed E-state index contributed by atoms with van der Waals surface area (Å²) in [5, 5.41) is 19.7. The van der Waals surface area contributed by atoms with Crippen molar-refractivity contribution in [2.75, 3.05) is 11.9 Å². The van der Waals surface area contributed by atoms with Crippen LogP contribution in [0.2, 0.25) is 5.02 Å². The molecule has 0 spiro atoms. The van der Waals surface area contributed by atoms with Crippen molar-refractivity contribution >= 4 is 29.2 Å². The summed E-state index contributed by atoms with van der Waals surface area (Å²) in [6.07, 6.45) is 1.12. The average molecular weight is 377 g/mol. The lowest BCUT2D eigenvalue weighted by molar-refractivity contribution is -0.134. The minimum absolute atomic E-state index is 0.0450. The highest BCUT2D eigenvalue weighted by molar-refractivity contribution is 6.30. The number of rotatable bonds is 3. The first-order valence-corrected chi connectivity index (χ1v) is 7.95. The van der Waals surface area contributed by atoms with Crippen LogP contribution in [0.5, 0.6) is 11.5 Å². The second-order valence-corrected chi connectivity index (χ2v) is 5.66. The van der Waals surface area contributed by atoms with E-state index in [4.69, 9.17) is 32.3 Å². The Hall–Kier alpha value is -3.03. The predicted molar refractivity (Wildman–Crippen MR) is 97.8 cm³/mol. The van der Waals surface area contributed by atoms with Crippen molar-refractivity contribution in [3.63, 3.8) is 0 Å². The molecule has 0 aliphatic carbocycles. The minimum Gasteiger partial charge on any atom is -0.478 e. The van der Waals surface area contributed by atoms with Crippen molar-refractivity contribution in [1.29, 1.82) is 0 Å². The first kappa shape index (κ1) is 19.3. The van der Waals surface area contributed by atoms with Crippen LogP contribution >= 0.6 is 11.6 Å². The van der Waals surface area contributed by atoms with Crippen molar-refractivity contribution in [1.82, 2.24) is 0 Å². The molecule has 1 aliphatic heterocycles. The fourth-order valence-electron chi connectivity index (χ4n) is 2.27. The molecule has 0 radical (unpaired) electrons. The Bertz CT molecular complexity index is 822. The SMILES string of the molecule is NCC1Nc2ccc(Cl)cc2Oc2ccccc21.O=C(O)C=CC(=O)O. The number of halogens is 1. The number of aliphatic carboxylic acids is 2. The monoisotopic (exact) mass is 376 g/mol. The summed E-state index contributed by atoms with van der Waals surface area (Å²) in [4.78, 5) is 19.1. The summed E-state index contributed by atoms with van der Waals surface area (Å²) in [5.41, 5.74) is 7.80. The van der Waals surface area contributed by atoms with Crippen LogP contribution in [0.25, 0.3) is 0 Å². The molecule has 26 heavy (non-hydrogen) atoms. The number of hydrogen-bond donors (Lipinski definition) is 4. The van der Waals surface area contributed by atoms with Crippen LogP contribution in [0.1, 0.15) is 11.6 Å². The van der Waals surface area contributed by atoms with Crippen LogP contribution in [0.15, 0.2) is 54.6 Å². The zero-order valence-electron chi connectivity index (χ0n) is 13.6. The van der Waals surface area contributed by atoms with Gasteiger partial charge in [-0.15, -0.1) is 0 Å². The summed E-state index contributed by atoms with van der Waals surface area (Å²) >= 11 is 5.99. The summed E-state index contributed by atoms with van der Waals surface area (Å²) in [6, 6.07) is 13.5. The number of anilines is 1.